The molecule has 0 heterocycles. The average Bonchev–Trinajstić information content (AvgIpc) is 3.22. The largest absolute Gasteiger partial charge is 0.466 e. The summed E-state index contributed by atoms with van der Waals surface area (Å²) in [6.45, 7) is 4.85. The van der Waals surface area contributed by atoms with Crippen LogP contribution in [0.1, 0.15) is 271 Å². The molecule has 0 aliphatic heterocycles. The van der Waals surface area contributed by atoms with E-state index in [2.05, 4.69) is 31.3 Å². The van der Waals surface area contributed by atoms with Crippen LogP contribution >= 0.6 is 0 Å². The Morgan fingerprint density at radius 3 is 1.22 bits per heavy atom. The fourth-order valence-electron chi connectivity index (χ4n) is 7.74. The molecule has 0 fully saturated rings. The van der Waals surface area contributed by atoms with Crippen molar-refractivity contribution in [3.8, 4) is 0 Å². The van der Waals surface area contributed by atoms with E-state index in [1.54, 1.807) is 6.08 Å². The number of esters is 1. The van der Waals surface area contributed by atoms with Crippen molar-refractivity contribution in [3.05, 3.63) is 24.3 Å². The Labute approximate surface area is 361 Å². The van der Waals surface area contributed by atoms with E-state index in [-0.39, 0.29) is 18.5 Å². The predicted octanol–water partition coefficient (Wildman–Crippen LogP) is 15.1. The van der Waals surface area contributed by atoms with Crippen LogP contribution in [0.25, 0.3) is 0 Å². The molecule has 0 bridgehead atoms. The highest BCUT2D eigenvalue weighted by Gasteiger charge is 2.18. The van der Waals surface area contributed by atoms with Crippen LogP contribution in [-0.2, 0) is 14.3 Å². The maximum absolute atomic E-state index is 12.4. The first-order valence-corrected chi connectivity index (χ1v) is 25.6. The summed E-state index contributed by atoms with van der Waals surface area (Å²) in [7, 11) is 0. The predicted molar refractivity (Wildman–Crippen MR) is 250 cm³/mol. The van der Waals surface area contributed by atoms with Gasteiger partial charge in [0.05, 0.1) is 25.4 Å². The van der Waals surface area contributed by atoms with Gasteiger partial charge in [0.15, 0.2) is 0 Å². The minimum absolute atomic E-state index is 0.0107. The molecule has 0 saturated heterocycles. The maximum atomic E-state index is 12.4. The van der Waals surface area contributed by atoms with Gasteiger partial charge in [0.25, 0.3) is 0 Å². The number of nitrogens with one attached hydrogen (secondary N) is 1. The number of aliphatic hydroxyl groups excluding tert-OH is 2. The van der Waals surface area contributed by atoms with Crippen molar-refractivity contribution in [3.63, 3.8) is 0 Å². The van der Waals surface area contributed by atoms with E-state index in [1.165, 1.54) is 186 Å². The summed E-state index contributed by atoms with van der Waals surface area (Å²) < 4.78 is 5.47. The molecule has 2 unspecified atom stereocenters. The number of hydrogen-bond acceptors (Lipinski definition) is 5. The maximum Gasteiger partial charge on any atom is 0.305 e. The van der Waals surface area contributed by atoms with E-state index in [0.717, 1.165) is 57.8 Å². The fraction of sp³-hybridized carbons (Fsp3) is 0.885. The standard InChI is InChI=1S/C52H99NO5/c1-3-5-7-9-11-13-15-16-17-18-19-22-26-30-34-38-42-46-52(57)58-47-43-39-35-31-27-23-20-21-25-29-33-37-41-45-51(56)53-49(48-54)50(55)44-40-36-32-28-24-14-12-10-8-6-4-2/h16-17,40,44,49-50,54-55H,3-15,18-39,41-43,45-48H2,1-2H3,(H,53,56)/b17-16-,44-40+. The minimum atomic E-state index is -0.851. The van der Waals surface area contributed by atoms with E-state index in [9.17, 15) is 19.8 Å². The van der Waals surface area contributed by atoms with E-state index in [0.29, 0.717) is 19.4 Å². The number of allylic oxidation sites excluding steroid dienone is 3. The van der Waals surface area contributed by atoms with Gasteiger partial charge in [0, 0.05) is 12.8 Å². The van der Waals surface area contributed by atoms with Crippen molar-refractivity contribution in [2.75, 3.05) is 13.2 Å². The van der Waals surface area contributed by atoms with Gasteiger partial charge in [-0.25, -0.2) is 0 Å². The summed E-state index contributed by atoms with van der Waals surface area (Å²) in [4.78, 5) is 24.4. The third-order valence-corrected chi connectivity index (χ3v) is 11.7. The molecule has 0 aliphatic carbocycles. The number of unbranched alkanes of at least 4 members (excludes halogenated alkanes) is 34. The highest BCUT2D eigenvalue weighted by molar-refractivity contribution is 5.76. The zero-order valence-corrected chi connectivity index (χ0v) is 38.8. The lowest BCUT2D eigenvalue weighted by Gasteiger charge is -2.20. The zero-order chi connectivity index (χ0) is 42.3. The van der Waals surface area contributed by atoms with E-state index < -0.39 is 12.1 Å². The summed E-state index contributed by atoms with van der Waals surface area (Å²) in [5, 5.41) is 23.0. The smallest absolute Gasteiger partial charge is 0.305 e. The summed E-state index contributed by atoms with van der Waals surface area (Å²) in [6, 6.07) is -0.636. The molecule has 0 spiro atoms. The summed E-state index contributed by atoms with van der Waals surface area (Å²) >= 11 is 0. The fourth-order valence-corrected chi connectivity index (χ4v) is 7.74. The van der Waals surface area contributed by atoms with Crippen molar-refractivity contribution in [1.82, 2.24) is 5.32 Å². The Kier molecular flexibility index (Phi) is 46.6. The van der Waals surface area contributed by atoms with Crippen LogP contribution in [0.15, 0.2) is 24.3 Å². The molecule has 2 atom stereocenters. The third-order valence-electron chi connectivity index (χ3n) is 11.7. The first-order chi connectivity index (χ1) is 28.5. The molecule has 3 N–H and O–H groups in total. The number of aliphatic hydroxyl groups is 2. The lowest BCUT2D eigenvalue weighted by molar-refractivity contribution is -0.143. The van der Waals surface area contributed by atoms with Gasteiger partial charge in [0.2, 0.25) is 5.91 Å². The number of ether oxygens (including phenoxy) is 1. The normalized spacial score (nSPS) is 12.8. The highest BCUT2D eigenvalue weighted by atomic mass is 16.5. The molecule has 342 valence electrons. The molecule has 6 nitrogen and oxygen atoms in total. The molecule has 0 rings (SSSR count). The number of hydrogen-bond donors (Lipinski definition) is 3. The average molecular weight is 818 g/mol. The van der Waals surface area contributed by atoms with Gasteiger partial charge in [0.1, 0.15) is 0 Å². The Morgan fingerprint density at radius 1 is 0.466 bits per heavy atom. The molecule has 0 aromatic rings. The van der Waals surface area contributed by atoms with Gasteiger partial charge in [-0.3, -0.25) is 9.59 Å². The van der Waals surface area contributed by atoms with Crippen LogP contribution in [0.3, 0.4) is 0 Å². The lowest BCUT2D eigenvalue weighted by atomic mass is 10.0. The molecule has 58 heavy (non-hydrogen) atoms. The monoisotopic (exact) mass is 818 g/mol. The van der Waals surface area contributed by atoms with Gasteiger partial charge in [-0.15, -0.1) is 0 Å². The molecule has 1 amide bonds. The van der Waals surface area contributed by atoms with Crippen molar-refractivity contribution in [2.45, 2.75) is 283 Å². The summed E-state index contributed by atoms with van der Waals surface area (Å²) in [6.07, 6.45) is 56.0. The first kappa shape index (κ1) is 56.3. The molecule has 0 radical (unpaired) electrons. The second kappa shape index (κ2) is 48.0. The van der Waals surface area contributed by atoms with Gasteiger partial charge >= 0.3 is 5.97 Å². The highest BCUT2D eigenvalue weighted by Crippen LogP contribution is 2.15. The molecule has 0 aliphatic rings. The zero-order valence-electron chi connectivity index (χ0n) is 38.8. The Balaban J connectivity index is 3.45. The molecule has 0 saturated carbocycles. The molecule has 0 aromatic carbocycles. The number of carbonyl (C=O) groups is 2. The van der Waals surface area contributed by atoms with Gasteiger partial charge in [-0.1, -0.05) is 224 Å². The second-order valence-electron chi connectivity index (χ2n) is 17.5. The number of rotatable bonds is 47. The van der Waals surface area contributed by atoms with Crippen molar-refractivity contribution in [2.24, 2.45) is 0 Å². The summed E-state index contributed by atoms with van der Waals surface area (Å²) in [5.74, 6) is -0.0931. The van der Waals surface area contributed by atoms with E-state index in [4.69, 9.17) is 4.74 Å². The van der Waals surface area contributed by atoms with Crippen LogP contribution in [-0.4, -0.2) is 47.4 Å². The second-order valence-corrected chi connectivity index (χ2v) is 17.5. The van der Waals surface area contributed by atoms with Crippen molar-refractivity contribution < 1.29 is 24.5 Å². The van der Waals surface area contributed by atoms with Crippen LogP contribution in [0, 0.1) is 0 Å². The molecular formula is C52H99NO5. The van der Waals surface area contributed by atoms with Crippen LogP contribution in [0.5, 0.6) is 0 Å². The van der Waals surface area contributed by atoms with Crippen molar-refractivity contribution in [1.29, 1.82) is 0 Å². The van der Waals surface area contributed by atoms with Crippen LogP contribution in [0.2, 0.25) is 0 Å². The number of carbonyl (C=O) groups excluding carboxylic acids is 2. The molecule has 6 heteroatoms. The quantitative estimate of drug-likeness (QED) is 0.0323. The molecular weight excluding hydrogens is 719 g/mol. The Morgan fingerprint density at radius 2 is 0.810 bits per heavy atom. The number of amides is 1. The van der Waals surface area contributed by atoms with E-state index in [1.807, 2.05) is 6.08 Å². The van der Waals surface area contributed by atoms with Crippen LogP contribution < -0.4 is 5.32 Å². The lowest BCUT2D eigenvalue weighted by Crippen LogP contribution is -2.45. The van der Waals surface area contributed by atoms with Gasteiger partial charge < -0.3 is 20.3 Å². The van der Waals surface area contributed by atoms with E-state index >= 15 is 0 Å². The van der Waals surface area contributed by atoms with Crippen molar-refractivity contribution >= 4 is 11.9 Å². The SMILES string of the molecule is CCCCCCCC/C=C\CCCCCCCCCC(=O)OCCCCCCCCCCCCCCCC(=O)NC(CO)C(O)/C=C/CCCCCCCCCCC. The Bertz CT molecular complexity index is 904. The Hall–Kier alpha value is -1.66. The van der Waals surface area contributed by atoms with Gasteiger partial charge in [-0.2, -0.15) is 0 Å². The topological polar surface area (TPSA) is 95.9 Å². The van der Waals surface area contributed by atoms with Crippen LogP contribution in [0.4, 0.5) is 0 Å². The molecule has 0 aromatic heterocycles. The van der Waals surface area contributed by atoms with Gasteiger partial charge in [-0.05, 0) is 57.8 Å². The third kappa shape index (κ3) is 43.9. The first-order valence-electron chi connectivity index (χ1n) is 25.6. The minimum Gasteiger partial charge on any atom is -0.466 e. The summed E-state index contributed by atoms with van der Waals surface area (Å²) in [5.41, 5.74) is 0.